The van der Waals surface area contributed by atoms with Gasteiger partial charge in [0.05, 0.1) is 6.20 Å². The maximum absolute atomic E-state index is 8.90. The monoisotopic (exact) mass is 136 g/mol. The minimum Gasteiger partial charge on any atom is -0.506 e. The lowest BCUT2D eigenvalue weighted by molar-refractivity contribution is 0.473. The maximum Gasteiger partial charge on any atom is 0.134 e. The first-order valence-electron chi connectivity index (χ1n) is 2.81. The summed E-state index contributed by atoms with van der Waals surface area (Å²) < 4.78 is 0. The molecule has 3 N–H and O–H groups in total. The van der Waals surface area contributed by atoms with E-state index < -0.39 is 0 Å². The van der Waals surface area contributed by atoms with Gasteiger partial charge < -0.3 is 10.8 Å². The summed E-state index contributed by atoms with van der Waals surface area (Å²) >= 11 is 0. The number of aromatic nitrogens is 1. The molecule has 1 aromatic heterocycles. The molecule has 3 heteroatoms. The number of nitrogen functional groups attached to an aromatic ring is 1. The van der Waals surface area contributed by atoms with Crippen LogP contribution in [0.15, 0.2) is 18.8 Å². The third kappa shape index (κ3) is 1.07. The molecule has 1 rings (SSSR count). The molecular weight excluding hydrogens is 128 g/mol. The highest BCUT2D eigenvalue weighted by atomic mass is 16.3. The Hall–Kier alpha value is -1.51. The molecule has 10 heavy (non-hydrogen) atoms. The van der Waals surface area contributed by atoms with Crippen LogP contribution < -0.4 is 5.73 Å². The van der Waals surface area contributed by atoms with Crippen molar-refractivity contribution in [3.8, 4) is 5.75 Å². The smallest absolute Gasteiger partial charge is 0.134 e. The van der Waals surface area contributed by atoms with Gasteiger partial charge >= 0.3 is 0 Å². The third-order valence-corrected chi connectivity index (χ3v) is 1.15. The van der Waals surface area contributed by atoms with Crippen LogP contribution in [0.1, 0.15) is 5.56 Å². The van der Waals surface area contributed by atoms with Gasteiger partial charge in [-0.2, -0.15) is 0 Å². The van der Waals surface area contributed by atoms with Gasteiger partial charge in [-0.05, 0) is 6.07 Å². The minimum atomic E-state index is 0.101. The number of anilines is 1. The predicted molar refractivity (Wildman–Crippen MR) is 40.4 cm³/mol. The van der Waals surface area contributed by atoms with Crippen LogP contribution in [0.4, 0.5) is 5.82 Å². The summed E-state index contributed by atoms with van der Waals surface area (Å²) in [5.74, 6) is 0.483. The van der Waals surface area contributed by atoms with E-state index in [1.54, 1.807) is 6.08 Å². The molecule has 0 amide bonds. The normalized spacial score (nSPS) is 9.20. The number of rotatable bonds is 1. The quantitative estimate of drug-likeness (QED) is 0.605. The Bertz CT molecular complexity index is 258. The summed E-state index contributed by atoms with van der Waals surface area (Å²) in [4.78, 5) is 3.71. The molecule has 0 saturated heterocycles. The fourth-order valence-corrected chi connectivity index (χ4v) is 0.644. The minimum absolute atomic E-state index is 0.101. The predicted octanol–water partition coefficient (Wildman–Crippen LogP) is 1.01. The van der Waals surface area contributed by atoms with Crippen LogP contribution >= 0.6 is 0 Å². The molecule has 0 aliphatic rings. The molecule has 0 unspecified atom stereocenters. The molecule has 3 nitrogen and oxygen atoms in total. The van der Waals surface area contributed by atoms with Gasteiger partial charge in [-0.15, -0.1) is 0 Å². The first-order chi connectivity index (χ1) is 4.74. The van der Waals surface area contributed by atoms with E-state index in [4.69, 9.17) is 10.8 Å². The van der Waals surface area contributed by atoms with Gasteiger partial charge in [0.1, 0.15) is 11.6 Å². The number of nitrogens with two attached hydrogens (primary N) is 1. The van der Waals surface area contributed by atoms with Gasteiger partial charge in [-0.25, -0.2) is 4.98 Å². The van der Waals surface area contributed by atoms with E-state index >= 15 is 0 Å². The standard InChI is InChI=1S/C7H8N2O/c1-2-5-3-6(10)4-9-7(5)8/h2-4,10H,1H2,(H2,8,9). The summed E-state index contributed by atoms with van der Waals surface area (Å²) in [6.45, 7) is 3.50. The van der Waals surface area contributed by atoms with Crippen molar-refractivity contribution in [3.63, 3.8) is 0 Å². The Morgan fingerprint density at radius 1 is 1.70 bits per heavy atom. The number of aromatic hydroxyl groups is 1. The topological polar surface area (TPSA) is 59.1 Å². The van der Waals surface area contributed by atoms with Gasteiger partial charge in [0.25, 0.3) is 0 Å². The molecule has 0 saturated carbocycles. The maximum atomic E-state index is 8.90. The number of nitrogens with zero attached hydrogens (tertiary/aromatic N) is 1. The van der Waals surface area contributed by atoms with E-state index in [1.165, 1.54) is 12.3 Å². The summed E-state index contributed by atoms with van der Waals surface area (Å²) in [6.07, 6.45) is 2.84. The molecule has 1 heterocycles. The van der Waals surface area contributed by atoms with Crippen LogP contribution in [0, 0.1) is 0 Å². The molecular formula is C7H8N2O. The SMILES string of the molecule is C=Cc1cc(O)cnc1N. The number of hydrogen-bond donors (Lipinski definition) is 2. The lowest BCUT2D eigenvalue weighted by atomic mass is 10.2. The van der Waals surface area contributed by atoms with E-state index in [0.29, 0.717) is 11.4 Å². The Morgan fingerprint density at radius 3 is 2.90 bits per heavy atom. The van der Waals surface area contributed by atoms with Gasteiger partial charge in [0, 0.05) is 5.56 Å². The number of hydrogen-bond acceptors (Lipinski definition) is 3. The van der Waals surface area contributed by atoms with Crippen LogP contribution in [0.3, 0.4) is 0 Å². The van der Waals surface area contributed by atoms with E-state index in [2.05, 4.69) is 11.6 Å². The second-order valence-electron chi connectivity index (χ2n) is 1.87. The fourth-order valence-electron chi connectivity index (χ4n) is 0.644. The molecule has 1 aromatic rings. The van der Waals surface area contributed by atoms with Crippen molar-refractivity contribution in [3.05, 3.63) is 24.4 Å². The van der Waals surface area contributed by atoms with E-state index in [0.717, 1.165) is 0 Å². The Kier molecular flexibility index (Phi) is 1.58. The second kappa shape index (κ2) is 2.39. The highest BCUT2D eigenvalue weighted by Gasteiger charge is 1.95. The van der Waals surface area contributed by atoms with Crippen molar-refractivity contribution in [1.82, 2.24) is 4.98 Å². The molecule has 0 spiro atoms. The molecule has 0 atom stereocenters. The Labute approximate surface area is 58.8 Å². The molecule has 0 aromatic carbocycles. The zero-order chi connectivity index (χ0) is 7.56. The molecule has 0 aliphatic heterocycles. The van der Waals surface area contributed by atoms with Crippen molar-refractivity contribution in [2.75, 3.05) is 5.73 Å². The second-order valence-corrected chi connectivity index (χ2v) is 1.87. The summed E-state index contributed by atoms with van der Waals surface area (Å²) in [5.41, 5.74) is 6.06. The summed E-state index contributed by atoms with van der Waals surface area (Å²) in [6, 6.07) is 1.51. The first-order valence-corrected chi connectivity index (χ1v) is 2.81. The van der Waals surface area contributed by atoms with Crippen LogP contribution in [0.2, 0.25) is 0 Å². The lowest BCUT2D eigenvalue weighted by Crippen LogP contribution is -1.91. The summed E-state index contributed by atoms with van der Waals surface area (Å²) in [5, 5.41) is 8.90. The zero-order valence-electron chi connectivity index (χ0n) is 5.41. The van der Waals surface area contributed by atoms with Gasteiger partial charge in [0.15, 0.2) is 0 Å². The summed E-state index contributed by atoms with van der Waals surface area (Å²) in [7, 11) is 0. The van der Waals surface area contributed by atoms with E-state index in [9.17, 15) is 0 Å². The highest BCUT2D eigenvalue weighted by molar-refractivity contribution is 5.60. The van der Waals surface area contributed by atoms with Crippen LogP contribution in [0.5, 0.6) is 5.75 Å². The third-order valence-electron chi connectivity index (χ3n) is 1.15. The average molecular weight is 136 g/mol. The zero-order valence-corrected chi connectivity index (χ0v) is 5.41. The van der Waals surface area contributed by atoms with Crippen molar-refractivity contribution in [2.45, 2.75) is 0 Å². The molecule has 0 bridgehead atoms. The Balaban J connectivity index is 3.21. The van der Waals surface area contributed by atoms with Crippen molar-refractivity contribution in [2.24, 2.45) is 0 Å². The molecule has 52 valence electrons. The van der Waals surface area contributed by atoms with Crippen molar-refractivity contribution in [1.29, 1.82) is 0 Å². The number of pyridine rings is 1. The first kappa shape index (κ1) is 6.61. The van der Waals surface area contributed by atoms with E-state index in [-0.39, 0.29) is 5.75 Å². The largest absolute Gasteiger partial charge is 0.506 e. The van der Waals surface area contributed by atoms with Gasteiger partial charge in [0.2, 0.25) is 0 Å². The molecule has 0 fully saturated rings. The van der Waals surface area contributed by atoms with Crippen LogP contribution in [-0.4, -0.2) is 10.1 Å². The lowest BCUT2D eigenvalue weighted by Gasteiger charge is -1.97. The van der Waals surface area contributed by atoms with Crippen LogP contribution in [-0.2, 0) is 0 Å². The van der Waals surface area contributed by atoms with E-state index in [1.807, 2.05) is 0 Å². The van der Waals surface area contributed by atoms with Crippen LogP contribution in [0.25, 0.3) is 6.08 Å². The fraction of sp³-hybridized carbons (Fsp3) is 0. The molecule has 0 aliphatic carbocycles. The molecule has 0 radical (unpaired) electrons. The average Bonchev–Trinajstić information content (AvgIpc) is 1.94. The Morgan fingerprint density at radius 2 is 2.40 bits per heavy atom. The highest BCUT2D eigenvalue weighted by Crippen LogP contribution is 2.15. The van der Waals surface area contributed by atoms with Crippen molar-refractivity contribution >= 4 is 11.9 Å². The van der Waals surface area contributed by atoms with Gasteiger partial charge in [-0.3, -0.25) is 0 Å². The van der Waals surface area contributed by atoms with Gasteiger partial charge in [-0.1, -0.05) is 12.7 Å². The van der Waals surface area contributed by atoms with Crippen molar-refractivity contribution < 1.29 is 5.11 Å².